The van der Waals surface area contributed by atoms with E-state index in [1.54, 1.807) is 0 Å². The Morgan fingerprint density at radius 3 is 2.28 bits per heavy atom. The first-order chi connectivity index (χ1) is 8.61. The normalized spacial score (nSPS) is 9.89. The second-order valence-corrected chi connectivity index (χ2v) is 4.55. The number of nitriles is 1. The minimum atomic E-state index is 0.670. The molecule has 0 spiro atoms. The van der Waals surface area contributed by atoms with Crippen LogP contribution in [-0.2, 0) is 0 Å². The highest BCUT2D eigenvalue weighted by atomic mass is 14.9. The Labute approximate surface area is 108 Å². The summed E-state index contributed by atoms with van der Waals surface area (Å²) in [4.78, 5) is 0. The second kappa shape index (κ2) is 4.93. The molecule has 0 fully saturated rings. The number of nitrogens with zero attached hydrogens (tertiary/aromatic N) is 1. The van der Waals surface area contributed by atoms with Crippen LogP contribution in [0.3, 0.4) is 0 Å². The fraction of sp³-hybridized carbons (Fsp3) is 0.188. The highest BCUT2D eigenvalue weighted by Gasteiger charge is 2.06. The molecular formula is C16H16N2. The van der Waals surface area contributed by atoms with Crippen LogP contribution in [0.5, 0.6) is 0 Å². The second-order valence-electron chi connectivity index (χ2n) is 4.55. The zero-order valence-electron chi connectivity index (χ0n) is 10.9. The molecule has 0 heterocycles. The first-order valence-corrected chi connectivity index (χ1v) is 5.96. The Morgan fingerprint density at radius 1 is 1.00 bits per heavy atom. The molecule has 1 N–H and O–H groups in total. The maximum atomic E-state index is 9.14. The van der Waals surface area contributed by atoms with E-state index < -0.39 is 0 Å². The van der Waals surface area contributed by atoms with Crippen LogP contribution in [-0.4, -0.2) is 0 Å². The fourth-order valence-electron chi connectivity index (χ4n) is 2.01. The van der Waals surface area contributed by atoms with Gasteiger partial charge in [-0.1, -0.05) is 24.3 Å². The van der Waals surface area contributed by atoms with Crippen molar-refractivity contribution in [3.05, 3.63) is 58.7 Å². The molecule has 0 aliphatic rings. The number of hydrogen-bond acceptors (Lipinski definition) is 2. The van der Waals surface area contributed by atoms with E-state index in [9.17, 15) is 0 Å². The van der Waals surface area contributed by atoms with Crippen LogP contribution in [0, 0.1) is 32.1 Å². The molecule has 0 saturated heterocycles. The maximum Gasteiger partial charge on any atom is 0.101 e. The van der Waals surface area contributed by atoms with Gasteiger partial charge in [0.05, 0.1) is 11.3 Å². The molecule has 0 aromatic heterocycles. The fourth-order valence-corrected chi connectivity index (χ4v) is 2.01. The molecule has 2 nitrogen and oxygen atoms in total. The van der Waals surface area contributed by atoms with Gasteiger partial charge in [0.15, 0.2) is 0 Å². The number of anilines is 2. The summed E-state index contributed by atoms with van der Waals surface area (Å²) in [5.74, 6) is 0. The van der Waals surface area contributed by atoms with Crippen molar-refractivity contribution in [1.82, 2.24) is 0 Å². The Bertz CT molecular complexity index is 601. The van der Waals surface area contributed by atoms with Gasteiger partial charge in [-0.2, -0.15) is 5.26 Å². The SMILES string of the molecule is Cc1ccc(C#N)c(Nc2c(C)cccc2C)c1. The monoisotopic (exact) mass is 236 g/mol. The zero-order chi connectivity index (χ0) is 13.1. The average Bonchev–Trinajstić information content (AvgIpc) is 2.34. The van der Waals surface area contributed by atoms with Crippen molar-refractivity contribution in [3.63, 3.8) is 0 Å². The van der Waals surface area contributed by atoms with Gasteiger partial charge in [0, 0.05) is 5.69 Å². The van der Waals surface area contributed by atoms with Crippen molar-refractivity contribution in [2.24, 2.45) is 0 Å². The largest absolute Gasteiger partial charge is 0.354 e. The molecule has 0 bridgehead atoms. The van der Waals surface area contributed by atoms with Crippen molar-refractivity contribution in [1.29, 1.82) is 5.26 Å². The van der Waals surface area contributed by atoms with Crippen molar-refractivity contribution in [2.75, 3.05) is 5.32 Å². The third kappa shape index (κ3) is 2.36. The molecule has 0 amide bonds. The molecule has 0 atom stereocenters. The van der Waals surface area contributed by atoms with Crippen molar-refractivity contribution in [3.8, 4) is 6.07 Å². The van der Waals surface area contributed by atoms with E-state index in [0.29, 0.717) is 5.56 Å². The molecular weight excluding hydrogens is 220 g/mol. The van der Waals surface area contributed by atoms with Crippen molar-refractivity contribution < 1.29 is 0 Å². The third-order valence-corrected chi connectivity index (χ3v) is 3.04. The summed E-state index contributed by atoms with van der Waals surface area (Å²) in [6.45, 7) is 6.16. The standard InChI is InChI=1S/C16H16N2/c1-11-7-8-14(10-17)15(9-11)18-16-12(2)5-4-6-13(16)3/h4-9,18H,1-3H3. The summed E-state index contributed by atoms with van der Waals surface area (Å²) >= 11 is 0. The van der Waals surface area contributed by atoms with E-state index in [4.69, 9.17) is 5.26 Å². The lowest BCUT2D eigenvalue weighted by Gasteiger charge is -2.14. The first-order valence-electron chi connectivity index (χ1n) is 5.96. The molecule has 2 aromatic rings. The third-order valence-electron chi connectivity index (χ3n) is 3.04. The summed E-state index contributed by atoms with van der Waals surface area (Å²) in [5.41, 5.74) is 6.13. The lowest BCUT2D eigenvalue weighted by atomic mass is 10.1. The molecule has 0 aliphatic carbocycles. The van der Waals surface area contributed by atoms with Gasteiger partial charge in [-0.15, -0.1) is 0 Å². The number of para-hydroxylation sites is 1. The predicted octanol–water partition coefficient (Wildman–Crippen LogP) is 4.23. The van der Waals surface area contributed by atoms with Crippen molar-refractivity contribution >= 4 is 11.4 Å². The van der Waals surface area contributed by atoms with E-state index in [1.165, 1.54) is 11.1 Å². The number of nitrogens with one attached hydrogen (secondary N) is 1. The molecule has 0 aliphatic heterocycles. The smallest absolute Gasteiger partial charge is 0.101 e. The molecule has 2 heteroatoms. The quantitative estimate of drug-likeness (QED) is 0.847. The zero-order valence-corrected chi connectivity index (χ0v) is 10.9. The lowest BCUT2D eigenvalue weighted by Crippen LogP contribution is -1.98. The predicted molar refractivity (Wildman–Crippen MR) is 75.1 cm³/mol. The van der Waals surface area contributed by atoms with Crippen molar-refractivity contribution in [2.45, 2.75) is 20.8 Å². The highest BCUT2D eigenvalue weighted by Crippen LogP contribution is 2.26. The van der Waals surface area contributed by atoms with E-state index in [1.807, 2.05) is 31.2 Å². The van der Waals surface area contributed by atoms with Crippen LogP contribution < -0.4 is 5.32 Å². The lowest BCUT2D eigenvalue weighted by molar-refractivity contribution is 1.34. The summed E-state index contributed by atoms with van der Waals surface area (Å²) in [6.07, 6.45) is 0. The Balaban J connectivity index is 2.46. The molecule has 2 rings (SSSR count). The Morgan fingerprint density at radius 2 is 1.67 bits per heavy atom. The van der Waals surface area contributed by atoms with Crippen LogP contribution in [0.2, 0.25) is 0 Å². The van der Waals surface area contributed by atoms with Crippen LogP contribution in [0.25, 0.3) is 0 Å². The topological polar surface area (TPSA) is 35.8 Å². The van der Waals surface area contributed by atoms with Crippen LogP contribution in [0.1, 0.15) is 22.3 Å². The summed E-state index contributed by atoms with van der Waals surface area (Å²) < 4.78 is 0. The summed E-state index contributed by atoms with van der Waals surface area (Å²) in [7, 11) is 0. The summed E-state index contributed by atoms with van der Waals surface area (Å²) in [5, 5.41) is 12.5. The number of rotatable bonds is 2. The minimum absolute atomic E-state index is 0.670. The molecule has 2 aromatic carbocycles. The van der Waals surface area contributed by atoms with Gasteiger partial charge in [0.1, 0.15) is 6.07 Å². The Kier molecular flexibility index (Phi) is 3.34. The van der Waals surface area contributed by atoms with Gasteiger partial charge in [-0.3, -0.25) is 0 Å². The van der Waals surface area contributed by atoms with Gasteiger partial charge >= 0.3 is 0 Å². The minimum Gasteiger partial charge on any atom is -0.354 e. The summed E-state index contributed by atoms with van der Waals surface area (Å²) in [6, 6.07) is 14.2. The molecule has 0 unspecified atom stereocenters. The van der Waals surface area contributed by atoms with E-state index >= 15 is 0 Å². The van der Waals surface area contributed by atoms with E-state index in [-0.39, 0.29) is 0 Å². The first kappa shape index (κ1) is 12.2. The maximum absolute atomic E-state index is 9.14. The van der Waals surface area contributed by atoms with Gasteiger partial charge < -0.3 is 5.32 Å². The van der Waals surface area contributed by atoms with Gasteiger partial charge in [0.25, 0.3) is 0 Å². The molecule has 90 valence electrons. The van der Waals surface area contributed by atoms with E-state index in [0.717, 1.165) is 16.9 Å². The van der Waals surface area contributed by atoms with Gasteiger partial charge in [-0.05, 0) is 49.6 Å². The molecule has 18 heavy (non-hydrogen) atoms. The number of aryl methyl sites for hydroxylation is 3. The molecule has 0 radical (unpaired) electrons. The number of benzene rings is 2. The average molecular weight is 236 g/mol. The highest BCUT2D eigenvalue weighted by molar-refractivity contribution is 5.71. The number of hydrogen-bond donors (Lipinski definition) is 1. The van der Waals surface area contributed by atoms with Crippen LogP contribution >= 0.6 is 0 Å². The van der Waals surface area contributed by atoms with Crippen LogP contribution in [0.4, 0.5) is 11.4 Å². The molecule has 0 saturated carbocycles. The Hall–Kier alpha value is -2.27. The van der Waals surface area contributed by atoms with Gasteiger partial charge in [0.2, 0.25) is 0 Å². The van der Waals surface area contributed by atoms with Gasteiger partial charge in [-0.25, -0.2) is 0 Å². The van der Waals surface area contributed by atoms with Crippen LogP contribution in [0.15, 0.2) is 36.4 Å². The van der Waals surface area contributed by atoms with E-state index in [2.05, 4.69) is 37.4 Å².